The maximum atomic E-state index is 14.3. The van der Waals surface area contributed by atoms with Crippen molar-refractivity contribution < 1.29 is 92.3 Å². The molecule has 11 amide bonds. The number of carbonyl (C=O) groups is 15. The first kappa shape index (κ1) is 80.0. The van der Waals surface area contributed by atoms with Crippen molar-refractivity contribution in [2.24, 2.45) is 29.0 Å². The van der Waals surface area contributed by atoms with E-state index in [-0.39, 0.29) is 62.9 Å². The number of nitrogens with one attached hydrogen (secondary N) is 10. The van der Waals surface area contributed by atoms with Crippen molar-refractivity contribution >= 4 is 88.9 Å². The smallest absolute Gasteiger partial charge is 0.305 e. The van der Waals surface area contributed by atoms with Gasteiger partial charge in [0, 0.05) is 31.7 Å². The van der Waals surface area contributed by atoms with Gasteiger partial charge in [-0.3, -0.25) is 71.9 Å². The normalized spacial score (nSPS) is 14.9. The molecule has 0 aromatic carbocycles. The van der Waals surface area contributed by atoms with Crippen LogP contribution in [0.5, 0.6) is 0 Å². The molecule has 500 valence electrons. The Morgan fingerprint density at radius 1 is 0.364 bits per heavy atom. The number of unbranched alkanes of at least 4 members (excludes halogenated alkanes) is 3. The first-order valence-electron chi connectivity index (χ1n) is 29.8. The Balaban J connectivity index is 7.06. The number of amides is 11. The van der Waals surface area contributed by atoms with Crippen molar-refractivity contribution in [1.29, 1.82) is 0 Å². The molecule has 32 heteroatoms. The molecule has 11 atom stereocenters. The number of primary amides is 1. The lowest BCUT2D eigenvalue weighted by atomic mass is 10.0. The van der Waals surface area contributed by atoms with Crippen LogP contribution in [0.4, 0.5) is 0 Å². The van der Waals surface area contributed by atoms with Crippen molar-refractivity contribution in [3.05, 3.63) is 0 Å². The van der Waals surface area contributed by atoms with Crippen molar-refractivity contribution in [2.75, 3.05) is 6.54 Å². The van der Waals surface area contributed by atoms with E-state index in [0.717, 1.165) is 0 Å². The molecule has 0 saturated heterocycles. The van der Waals surface area contributed by atoms with Crippen molar-refractivity contribution in [3.8, 4) is 0 Å². The Hall–Kier alpha value is -8.03. The van der Waals surface area contributed by atoms with Gasteiger partial charge in [0.15, 0.2) is 0 Å². The van der Waals surface area contributed by atoms with Crippen LogP contribution in [0.25, 0.3) is 0 Å². The third-order valence-corrected chi connectivity index (χ3v) is 13.9. The summed E-state index contributed by atoms with van der Waals surface area (Å²) in [5.74, 6) is -16.4. The second-order valence-electron chi connectivity index (χ2n) is 22.5. The van der Waals surface area contributed by atoms with E-state index in [4.69, 9.17) is 22.3 Å². The summed E-state index contributed by atoms with van der Waals surface area (Å²) in [6.07, 6.45) is -3.59. The Morgan fingerprint density at radius 2 is 0.670 bits per heavy atom. The molecule has 0 heterocycles. The Morgan fingerprint density at radius 3 is 0.966 bits per heavy atom. The van der Waals surface area contributed by atoms with Crippen LogP contribution in [0, 0.1) is 11.8 Å². The highest BCUT2D eigenvalue weighted by molar-refractivity contribution is 5.99. The van der Waals surface area contributed by atoms with E-state index in [1.165, 1.54) is 6.92 Å². The standard InChI is InChI=1S/C56H97N13O19/c1-9-11-15-34(51(83)67-39(20-24-44(73)74)55(87)68-40(21-25-45(75)76)54(86)66-38(19-23-43(71)72)49(81)61-32(8)47(79)60-31(7)30(5)6)62-53(85)37(18-22-42(59)70)65-52(84)36(17-13-14-26-57)63-50(82)35(16-12-10-2)64-56(88)41(27-29(3)4)69-48(80)33(58)28-46(77)78/h29-41H,9-28,57-58H2,1-8H3,(H2,59,70)(H,60,79)(H,61,81)(H,62,85)(H,63,82)(H,64,88)(H,65,84)(H,66,86)(H,67,83)(H,68,87)(H,69,80)(H,71,72)(H,73,74)(H,75,76)(H,77,78)/t31-,32+,33+,34+,35-,36+,37+,38+,39+,40+,41+/m1/s1. The van der Waals surface area contributed by atoms with Gasteiger partial charge < -0.3 is 90.8 Å². The van der Waals surface area contributed by atoms with Gasteiger partial charge in [0.25, 0.3) is 0 Å². The summed E-state index contributed by atoms with van der Waals surface area (Å²) in [6.45, 7) is 14.0. The van der Waals surface area contributed by atoms with Gasteiger partial charge in [-0.05, 0) is 96.4 Å². The number of aliphatic carboxylic acids is 4. The van der Waals surface area contributed by atoms with Crippen molar-refractivity contribution in [3.63, 3.8) is 0 Å². The van der Waals surface area contributed by atoms with Gasteiger partial charge in [-0.25, -0.2) is 0 Å². The van der Waals surface area contributed by atoms with Crippen LogP contribution in [0.2, 0.25) is 0 Å². The SMILES string of the molecule is CCCC[C@H](NC(=O)[C@H](CCC(N)=O)NC(=O)[C@H](CCCCN)NC(=O)[C@@H](CCCC)NC(=O)[C@H](CC(C)C)NC(=O)[C@@H](N)CC(=O)O)C(=O)N[C@@H](CCC(=O)O)C(=O)N[C@@H](CCC(=O)O)C(=O)N[C@@H](CCC(=O)O)C(=O)N[C@@H](C)C(=O)N[C@H](C)C(C)C. The fraction of sp³-hybridized carbons (Fsp3) is 0.732. The number of hydrogen-bond acceptors (Lipinski definition) is 17. The van der Waals surface area contributed by atoms with Gasteiger partial charge in [0.2, 0.25) is 65.0 Å². The summed E-state index contributed by atoms with van der Waals surface area (Å²) in [5, 5.41) is 62.5. The molecule has 0 aromatic rings. The minimum atomic E-state index is -1.82. The van der Waals surface area contributed by atoms with Crippen molar-refractivity contribution in [2.45, 2.75) is 244 Å². The largest absolute Gasteiger partial charge is 0.481 e. The highest BCUT2D eigenvalue weighted by atomic mass is 16.4. The van der Waals surface area contributed by atoms with Crippen LogP contribution in [-0.4, -0.2) is 182 Å². The summed E-state index contributed by atoms with van der Waals surface area (Å²) in [6, 6.07) is -15.5. The van der Waals surface area contributed by atoms with Crippen molar-refractivity contribution in [1.82, 2.24) is 53.2 Å². The maximum Gasteiger partial charge on any atom is 0.305 e. The Bertz CT molecular complexity index is 2380. The van der Waals surface area contributed by atoms with Crippen LogP contribution in [-0.2, 0) is 71.9 Å². The van der Waals surface area contributed by atoms with E-state index < -0.39 is 207 Å². The third kappa shape index (κ3) is 33.8. The number of carboxylic acids is 4. The van der Waals surface area contributed by atoms with Gasteiger partial charge in [-0.15, -0.1) is 0 Å². The highest BCUT2D eigenvalue weighted by Gasteiger charge is 2.36. The lowest BCUT2D eigenvalue weighted by Crippen LogP contribution is -2.60. The molecule has 20 N–H and O–H groups in total. The lowest BCUT2D eigenvalue weighted by Gasteiger charge is -2.28. The summed E-state index contributed by atoms with van der Waals surface area (Å²) in [4.78, 5) is 196. The van der Waals surface area contributed by atoms with Crippen LogP contribution in [0.3, 0.4) is 0 Å². The van der Waals surface area contributed by atoms with Crippen LogP contribution in [0.15, 0.2) is 0 Å². The lowest BCUT2D eigenvalue weighted by molar-refractivity contribution is -0.140. The van der Waals surface area contributed by atoms with Gasteiger partial charge in [-0.2, -0.15) is 0 Å². The number of hydrogen-bond donors (Lipinski definition) is 17. The van der Waals surface area contributed by atoms with E-state index in [2.05, 4.69) is 53.2 Å². The molecule has 0 unspecified atom stereocenters. The van der Waals surface area contributed by atoms with E-state index in [0.29, 0.717) is 25.7 Å². The molecule has 0 aromatic heterocycles. The zero-order chi connectivity index (χ0) is 67.4. The minimum absolute atomic E-state index is 0.0135. The quantitative estimate of drug-likeness (QED) is 0.0286. The average molecular weight is 1260 g/mol. The molecule has 0 aliphatic heterocycles. The third-order valence-electron chi connectivity index (χ3n) is 13.9. The molecule has 88 heavy (non-hydrogen) atoms. The molecule has 0 spiro atoms. The predicted molar refractivity (Wildman–Crippen MR) is 316 cm³/mol. The van der Waals surface area contributed by atoms with E-state index >= 15 is 0 Å². The maximum absolute atomic E-state index is 14.3. The summed E-state index contributed by atoms with van der Waals surface area (Å²) in [5.41, 5.74) is 16.9. The molecular formula is C56H97N13O19. The molecule has 0 rings (SSSR count). The van der Waals surface area contributed by atoms with Crippen LogP contribution < -0.4 is 70.4 Å². The van der Waals surface area contributed by atoms with E-state index in [9.17, 15) is 87.2 Å². The molecule has 0 aliphatic carbocycles. The molecule has 0 saturated carbocycles. The fourth-order valence-corrected chi connectivity index (χ4v) is 8.35. The first-order chi connectivity index (χ1) is 41.2. The highest BCUT2D eigenvalue weighted by Crippen LogP contribution is 2.13. The molecule has 0 fully saturated rings. The zero-order valence-corrected chi connectivity index (χ0v) is 51.8. The molecule has 0 aliphatic rings. The summed E-state index contributed by atoms with van der Waals surface area (Å²) >= 11 is 0. The second kappa shape index (κ2) is 42.8. The van der Waals surface area contributed by atoms with E-state index in [1.54, 1.807) is 27.7 Å². The predicted octanol–water partition coefficient (Wildman–Crippen LogP) is -2.25. The summed E-state index contributed by atoms with van der Waals surface area (Å²) in [7, 11) is 0. The molecular weight excluding hydrogens is 1160 g/mol. The zero-order valence-electron chi connectivity index (χ0n) is 51.8. The average Bonchev–Trinajstić information content (AvgIpc) is 3.64. The second-order valence-corrected chi connectivity index (χ2v) is 22.5. The summed E-state index contributed by atoms with van der Waals surface area (Å²) < 4.78 is 0. The number of carbonyl (C=O) groups excluding carboxylic acids is 11. The first-order valence-corrected chi connectivity index (χ1v) is 29.8. The topological polar surface area (TPSA) is 535 Å². The number of rotatable bonds is 47. The van der Waals surface area contributed by atoms with Crippen LogP contribution in [0.1, 0.15) is 177 Å². The van der Waals surface area contributed by atoms with Gasteiger partial charge in [0.05, 0.1) is 12.5 Å². The molecule has 0 radical (unpaired) electrons. The van der Waals surface area contributed by atoms with Gasteiger partial charge in [-0.1, -0.05) is 67.2 Å². The van der Waals surface area contributed by atoms with Gasteiger partial charge >= 0.3 is 23.9 Å². The Kier molecular flexibility index (Phi) is 38.9. The van der Waals surface area contributed by atoms with Gasteiger partial charge in [0.1, 0.15) is 54.4 Å². The Labute approximate surface area is 512 Å². The molecule has 0 bridgehead atoms. The van der Waals surface area contributed by atoms with E-state index in [1.807, 2.05) is 20.8 Å². The molecule has 32 nitrogen and oxygen atoms in total. The minimum Gasteiger partial charge on any atom is -0.481 e. The monoisotopic (exact) mass is 1260 g/mol. The van der Waals surface area contributed by atoms with Crippen LogP contribution >= 0.6 is 0 Å². The fourth-order valence-electron chi connectivity index (χ4n) is 8.35. The number of nitrogens with two attached hydrogens (primary N) is 3. The number of carboxylic acid groups (broad SMARTS) is 4.